The molecule has 0 aromatic heterocycles. The molecule has 1 atom stereocenters. The van der Waals surface area contributed by atoms with Gasteiger partial charge in [-0.05, 0) is 41.3 Å². The molecule has 23 heavy (non-hydrogen) atoms. The number of rotatable bonds is 4. The topological polar surface area (TPSA) is 55.8 Å². The van der Waals surface area contributed by atoms with Crippen molar-refractivity contribution < 1.29 is 17.9 Å². The third kappa shape index (κ3) is 2.90. The highest BCUT2D eigenvalue weighted by Crippen LogP contribution is 2.40. The molecule has 1 aromatic rings. The van der Waals surface area contributed by atoms with E-state index in [0.29, 0.717) is 22.5 Å². The third-order valence-electron chi connectivity index (χ3n) is 4.53. The standard InChI is InChI=1S/C16H20BrNO4S/c1-21-14-9-12(17)16(10-15(14)22-2)23(19,20)18-8-7-11-5-3-4-6-13(11)18/h7,9-10,13H,3-6,8H2,1-2H3/t13-/m0/s1. The number of benzene rings is 1. The Morgan fingerprint density at radius 2 is 1.87 bits per heavy atom. The van der Waals surface area contributed by atoms with Crippen molar-refractivity contribution in [3.05, 3.63) is 28.3 Å². The second kappa shape index (κ2) is 6.45. The number of hydrogen-bond acceptors (Lipinski definition) is 4. The summed E-state index contributed by atoms with van der Waals surface area (Å²) in [5.74, 6) is 0.904. The van der Waals surface area contributed by atoms with E-state index >= 15 is 0 Å². The second-order valence-corrected chi connectivity index (χ2v) is 8.47. The van der Waals surface area contributed by atoms with Crippen LogP contribution in [-0.2, 0) is 10.0 Å². The molecular weight excluding hydrogens is 382 g/mol. The molecule has 126 valence electrons. The van der Waals surface area contributed by atoms with Gasteiger partial charge in [-0.1, -0.05) is 18.1 Å². The maximum atomic E-state index is 13.1. The van der Waals surface area contributed by atoms with Crippen LogP contribution in [0.2, 0.25) is 0 Å². The number of ether oxygens (including phenoxy) is 2. The average Bonchev–Trinajstić information content (AvgIpc) is 2.99. The van der Waals surface area contributed by atoms with Gasteiger partial charge in [0.05, 0.1) is 14.2 Å². The number of methoxy groups -OCH3 is 2. The van der Waals surface area contributed by atoms with Crippen LogP contribution in [0.3, 0.4) is 0 Å². The highest BCUT2D eigenvalue weighted by molar-refractivity contribution is 9.10. The van der Waals surface area contributed by atoms with Gasteiger partial charge in [0.1, 0.15) is 4.90 Å². The minimum Gasteiger partial charge on any atom is -0.493 e. The summed E-state index contributed by atoms with van der Waals surface area (Å²) in [6.07, 6.45) is 6.19. The van der Waals surface area contributed by atoms with E-state index in [9.17, 15) is 8.42 Å². The van der Waals surface area contributed by atoms with Crippen LogP contribution in [0.5, 0.6) is 11.5 Å². The van der Waals surface area contributed by atoms with E-state index in [4.69, 9.17) is 9.47 Å². The summed E-state index contributed by atoms with van der Waals surface area (Å²) in [4.78, 5) is 0.218. The zero-order valence-corrected chi connectivity index (χ0v) is 15.6. The van der Waals surface area contributed by atoms with Crippen LogP contribution < -0.4 is 9.47 Å². The molecule has 1 aliphatic carbocycles. The number of nitrogens with zero attached hydrogens (tertiary/aromatic N) is 1. The van der Waals surface area contributed by atoms with Crippen LogP contribution in [0.15, 0.2) is 33.2 Å². The molecule has 0 unspecified atom stereocenters. The molecular formula is C16H20BrNO4S. The highest BCUT2D eigenvalue weighted by atomic mass is 79.9. The molecule has 5 nitrogen and oxygen atoms in total. The van der Waals surface area contributed by atoms with E-state index in [1.807, 2.05) is 0 Å². The smallest absolute Gasteiger partial charge is 0.245 e. The molecule has 1 aliphatic heterocycles. The van der Waals surface area contributed by atoms with Gasteiger partial charge in [0.15, 0.2) is 11.5 Å². The molecule has 7 heteroatoms. The number of fused-ring (bicyclic) bond motifs is 1. The zero-order chi connectivity index (χ0) is 16.6. The van der Waals surface area contributed by atoms with Gasteiger partial charge < -0.3 is 9.47 Å². The first kappa shape index (κ1) is 16.8. The van der Waals surface area contributed by atoms with Crippen molar-refractivity contribution in [2.75, 3.05) is 20.8 Å². The van der Waals surface area contributed by atoms with Crippen molar-refractivity contribution in [1.82, 2.24) is 4.31 Å². The monoisotopic (exact) mass is 401 g/mol. The second-order valence-electron chi connectivity index (χ2n) is 5.75. The predicted octanol–water partition coefficient (Wildman–Crippen LogP) is 3.34. The molecule has 1 aromatic carbocycles. The minimum atomic E-state index is -3.60. The molecule has 0 radical (unpaired) electrons. The summed E-state index contributed by atoms with van der Waals surface area (Å²) in [7, 11) is -0.575. The summed E-state index contributed by atoms with van der Waals surface area (Å²) in [6.45, 7) is 0.448. The fourth-order valence-corrected chi connectivity index (χ4v) is 5.94. The van der Waals surface area contributed by atoms with Crippen molar-refractivity contribution in [3.63, 3.8) is 0 Å². The Bertz CT molecular complexity index is 745. The van der Waals surface area contributed by atoms with E-state index < -0.39 is 10.0 Å². The lowest BCUT2D eigenvalue weighted by Crippen LogP contribution is -2.38. The fourth-order valence-electron chi connectivity index (χ4n) is 3.35. The van der Waals surface area contributed by atoms with Crippen molar-refractivity contribution in [1.29, 1.82) is 0 Å². The van der Waals surface area contributed by atoms with Crippen LogP contribution in [0.1, 0.15) is 25.7 Å². The van der Waals surface area contributed by atoms with Crippen molar-refractivity contribution in [3.8, 4) is 11.5 Å². The summed E-state index contributed by atoms with van der Waals surface area (Å²) in [6, 6.07) is 3.17. The molecule has 0 spiro atoms. The quantitative estimate of drug-likeness (QED) is 0.725. The first-order chi connectivity index (χ1) is 11.0. The Hall–Kier alpha value is -1.05. The molecule has 1 saturated carbocycles. The van der Waals surface area contributed by atoms with E-state index in [0.717, 1.165) is 25.7 Å². The number of sulfonamides is 1. The Balaban J connectivity index is 2.00. The van der Waals surface area contributed by atoms with E-state index in [1.54, 1.807) is 10.4 Å². The lowest BCUT2D eigenvalue weighted by Gasteiger charge is -2.30. The zero-order valence-electron chi connectivity index (χ0n) is 13.2. The minimum absolute atomic E-state index is 0.00810. The first-order valence-electron chi connectivity index (χ1n) is 7.61. The Kier molecular flexibility index (Phi) is 4.71. The van der Waals surface area contributed by atoms with Gasteiger partial charge in [-0.2, -0.15) is 4.31 Å². The van der Waals surface area contributed by atoms with Crippen molar-refractivity contribution >= 4 is 26.0 Å². The maximum absolute atomic E-state index is 13.1. The molecule has 0 saturated heterocycles. The highest BCUT2D eigenvalue weighted by Gasteiger charge is 2.38. The Morgan fingerprint density at radius 1 is 1.17 bits per heavy atom. The lowest BCUT2D eigenvalue weighted by atomic mass is 9.92. The SMILES string of the molecule is COc1cc(Br)c(S(=O)(=O)N2CC=C3CCCC[C@@H]32)cc1OC. The van der Waals surface area contributed by atoms with E-state index in [-0.39, 0.29) is 10.9 Å². The summed E-state index contributed by atoms with van der Waals surface area (Å²) < 4.78 is 38.9. The van der Waals surface area contributed by atoms with Gasteiger partial charge >= 0.3 is 0 Å². The van der Waals surface area contributed by atoms with Crippen molar-refractivity contribution in [2.24, 2.45) is 0 Å². The van der Waals surface area contributed by atoms with Gasteiger partial charge in [-0.15, -0.1) is 0 Å². The molecule has 2 aliphatic rings. The summed E-state index contributed by atoms with van der Waals surface area (Å²) in [5, 5.41) is 0. The van der Waals surface area contributed by atoms with Gasteiger partial charge in [0.2, 0.25) is 10.0 Å². The Labute approximate surface area is 145 Å². The predicted molar refractivity (Wildman–Crippen MR) is 91.5 cm³/mol. The number of hydrogen-bond donors (Lipinski definition) is 0. The van der Waals surface area contributed by atoms with Crippen LogP contribution in [0.25, 0.3) is 0 Å². The largest absolute Gasteiger partial charge is 0.493 e. The molecule has 3 rings (SSSR count). The van der Waals surface area contributed by atoms with Crippen LogP contribution in [0, 0.1) is 0 Å². The molecule has 1 fully saturated rings. The first-order valence-corrected chi connectivity index (χ1v) is 9.84. The third-order valence-corrected chi connectivity index (χ3v) is 7.36. The molecule has 0 amide bonds. The van der Waals surface area contributed by atoms with E-state index in [1.165, 1.54) is 25.9 Å². The molecule has 0 bridgehead atoms. The fraction of sp³-hybridized carbons (Fsp3) is 0.500. The normalized spacial score (nSPS) is 21.7. The maximum Gasteiger partial charge on any atom is 0.245 e. The lowest BCUT2D eigenvalue weighted by molar-refractivity contribution is 0.347. The number of halogens is 1. The van der Waals surface area contributed by atoms with Gasteiger partial charge in [-0.25, -0.2) is 8.42 Å². The van der Waals surface area contributed by atoms with Crippen LogP contribution in [0.4, 0.5) is 0 Å². The van der Waals surface area contributed by atoms with Gasteiger partial charge in [0.25, 0.3) is 0 Å². The van der Waals surface area contributed by atoms with Gasteiger partial charge in [-0.3, -0.25) is 0 Å². The Morgan fingerprint density at radius 3 is 2.57 bits per heavy atom. The van der Waals surface area contributed by atoms with Gasteiger partial charge in [0, 0.05) is 23.1 Å². The van der Waals surface area contributed by atoms with Crippen molar-refractivity contribution in [2.45, 2.75) is 36.6 Å². The molecule has 1 heterocycles. The molecule has 0 N–H and O–H groups in total. The summed E-state index contributed by atoms with van der Waals surface area (Å²) >= 11 is 3.36. The van der Waals surface area contributed by atoms with Crippen LogP contribution in [-0.4, -0.2) is 39.5 Å². The average molecular weight is 402 g/mol. The van der Waals surface area contributed by atoms with E-state index in [2.05, 4.69) is 22.0 Å². The summed E-state index contributed by atoms with van der Waals surface area (Å²) in [5.41, 5.74) is 1.26. The van der Waals surface area contributed by atoms with Crippen LogP contribution >= 0.6 is 15.9 Å².